The Balaban J connectivity index is 2.79. The first-order valence-corrected chi connectivity index (χ1v) is 5.21. The molecule has 3 N–H and O–H groups in total. The molecule has 0 heterocycles. The zero-order valence-electron chi connectivity index (χ0n) is 7.71. The minimum atomic E-state index is -0.250. The van der Waals surface area contributed by atoms with Crippen molar-refractivity contribution in [2.45, 2.75) is 6.42 Å². The highest BCUT2D eigenvalue weighted by Crippen LogP contribution is 2.18. The summed E-state index contributed by atoms with van der Waals surface area (Å²) in [6, 6.07) is 4.77. The zero-order valence-corrected chi connectivity index (χ0v) is 9.30. The SMILES string of the molecule is NC[C@H](CO)Cc1cc(Br)ccc1F. The van der Waals surface area contributed by atoms with E-state index in [0.717, 1.165) is 4.47 Å². The second-order valence-electron chi connectivity index (χ2n) is 3.22. The van der Waals surface area contributed by atoms with Gasteiger partial charge in [-0.3, -0.25) is 0 Å². The van der Waals surface area contributed by atoms with Crippen LogP contribution in [0.3, 0.4) is 0 Å². The van der Waals surface area contributed by atoms with Gasteiger partial charge in [0, 0.05) is 11.1 Å². The van der Waals surface area contributed by atoms with Crippen LogP contribution >= 0.6 is 15.9 Å². The standard InChI is InChI=1S/C10H13BrFNO/c11-9-1-2-10(12)8(4-9)3-7(5-13)6-14/h1-2,4,7,14H,3,5-6,13H2/t7-/m1/s1. The van der Waals surface area contributed by atoms with Gasteiger partial charge in [-0.05, 0) is 42.6 Å². The van der Waals surface area contributed by atoms with Crippen LogP contribution in [-0.2, 0) is 6.42 Å². The lowest BCUT2D eigenvalue weighted by Gasteiger charge is -2.11. The third kappa shape index (κ3) is 3.04. The number of rotatable bonds is 4. The summed E-state index contributed by atoms with van der Waals surface area (Å²) >= 11 is 3.27. The minimum Gasteiger partial charge on any atom is -0.396 e. The van der Waals surface area contributed by atoms with Gasteiger partial charge in [0.1, 0.15) is 5.82 Å². The van der Waals surface area contributed by atoms with Gasteiger partial charge in [-0.2, -0.15) is 0 Å². The maximum absolute atomic E-state index is 13.3. The van der Waals surface area contributed by atoms with Crippen LogP contribution < -0.4 is 5.73 Å². The Morgan fingerprint density at radius 1 is 1.50 bits per heavy atom. The maximum atomic E-state index is 13.3. The van der Waals surface area contributed by atoms with E-state index in [4.69, 9.17) is 10.8 Å². The lowest BCUT2D eigenvalue weighted by molar-refractivity contribution is 0.229. The molecule has 0 unspecified atom stereocenters. The number of hydrogen-bond donors (Lipinski definition) is 2. The van der Waals surface area contributed by atoms with Crippen molar-refractivity contribution in [1.29, 1.82) is 0 Å². The van der Waals surface area contributed by atoms with Gasteiger partial charge in [0.2, 0.25) is 0 Å². The number of halogens is 2. The average Bonchev–Trinajstić information content (AvgIpc) is 2.19. The van der Waals surface area contributed by atoms with Crippen LogP contribution in [0.2, 0.25) is 0 Å². The highest BCUT2D eigenvalue weighted by molar-refractivity contribution is 9.10. The van der Waals surface area contributed by atoms with Gasteiger partial charge in [0.25, 0.3) is 0 Å². The molecule has 14 heavy (non-hydrogen) atoms. The molecule has 4 heteroatoms. The number of benzene rings is 1. The summed E-state index contributed by atoms with van der Waals surface area (Å²) in [5.74, 6) is -0.320. The molecule has 0 aliphatic heterocycles. The second kappa shape index (κ2) is 5.44. The average molecular weight is 262 g/mol. The van der Waals surface area contributed by atoms with Gasteiger partial charge in [-0.1, -0.05) is 15.9 Å². The number of aliphatic hydroxyl groups is 1. The topological polar surface area (TPSA) is 46.2 Å². The lowest BCUT2D eigenvalue weighted by Crippen LogP contribution is -2.20. The summed E-state index contributed by atoms with van der Waals surface area (Å²) in [6.07, 6.45) is 0.471. The van der Waals surface area contributed by atoms with Crippen molar-refractivity contribution in [3.05, 3.63) is 34.1 Å². The number of aliphatic hydroxyl groups excluding tert-OH is 1. The van der Waals surface area contributed by atoms with E-state index in [9.17, 15) is 4.39 Å². The Bertz CT molecular complexity index is 302. The van der Waals surface area contributed by atoms with Crippen molar-refractivity contribution in [2.24, 2.45) is 11.7 Å². The zero-order chi connectivity index (χ0) is 10.6. The van der Waals surface area contributed by atoms with E-state index < -0.39 is 0 Å². The third-order valence-electron chi connectivity index (χ3n) is 2.11. The van der Waals surface area contributed by atoms with Crippen LogP contribution in [0.4, 0.5) is 4.39 Å². The molecule has 0 bridgehead atoms. The minimum absolute atomic E-state index is 0.0115. The van der Waals surface area contributed by atoms with E-state index in [1.165, 1.54) is 6.07 Å². The van der Waals surface area contributed by atoms with Crippen LogP contribution in [0.25, 0.3) is 0 Å². The summed E-state index contributed by atoms with van der Waals surface area (Å²) in [7, 11) is 0. The van der Waals surface area contributed by atoms with E-state index >= 15 is 0 Å². The monoisotopic (exact) mass is 261 g/mol. The van der Waals surface area contributed by atoms with Crippen LogP contribution in [0.5, 0.6) is 0 Å². The molecule has 0 radical (unpaired) electrons. The van der Waals surface area contributed by atoms with Crippen LogP contribution in [0.15, 0.2) is 22.7 Å². The molecule has 0 aliphatic carbocycles. The summed E-state index contributed by atoms with van der Waals surface area (Å²) < 4.78 is 14.1. The fourth-order valence-electron chi connectivity index (χ4n) is 1.23. The molecule has 0 fully saturated rings. The van der Waals surface area contributed by atoms with E-state index in [0.29, 0.717) is 18.5 Å². The largest absolute Gasteiger partial charge is 0.396 e. The number of hydrogen-bond acceptors (Lipinski definition) is 2. The molecule has 0 saturated carbocycles. The summed E-state index contributed by atoms with van der Waals surface area (Å²) in [4.78, 5) is 0. The Hall–Kier alpha value is -0.450. The van der Waals surface area contributed by atoms with E-state index in [2.05, 4.69) is 15.9 Å². The summed E-state index contributed by atoms with van der Waals surface area (Å²) in [6.45, 7) is 0.352. The predicted molar refractivity (Wildman–Crippen MR) is 57.4 cm³/mol. The molecule has 1 aromatic carbocycles. The molecule has 1 aromatic rings. The van der Waals surface area contributed by atoms with Crippen LogP contribution in [-0.4, -0.2) is 18.3 Å². The second-order valence-corrected chi connectivity index (χ2v) is 4.14. The molecule has 0 saturated heterocycles. The molecule has 2 nitrogen and oxygen atoms in total. The Morgan fingerprint density at radius 2 is 2.21 bits per heavy atom. The maximum Gasteiger partial charge on any atom is 0.126 e. The Labute approximate surface area is 91.1 Å². The van der Waals surface area contributed by atoms with Gasteiger partial charge in [0.05, 0.1) is 0 Å². The van der Waals surface area contributed by atoms with Crippen molar-refractivity contribution < 1.29 is 9.50 Å². The van der Waals surface area contributed by atoms with E-state index in [1.807, 2.05) is 0 Å². The highest BCUT2D eigenvalue weighted by Gasteiger charge is 2.10. The fraction of sp³-hybridized carbons (Fsp3) is 0.400. The molecule has 0 amide bonds. The van der Waals surface area contributed by atoms with Gasteiger partial charge in [0.15, 0.2) is 0 Å². The van der Waals surface area contributed by atoms with Gasteiger partial charge < -0.3 is 10.8 Å². The van der Waals surface area contributed by atoms with E-state index in [-0.39, 0.29) is 18.3 Å². The first-order chi connectivity index (χ1) is 6.67. The van der Waals surface area contributed by atoms with Gasteiger partial charge in [-0.25, -0.2) is 4.39 Å². The van der Waals surface area contributed by atoms with Gasteiger partial charge in [-0.15, -0.1) is 0 Å². The molecule has 1 rings (SSSR count). The van der Waals surface area contributed by atoms with Crippen LogP contribution in [0, 0.1) is 11.7 Å². The smallest absolute Gasteiger partial charge is 0.126 e. The van der Waals surface area contributed by atoms with Crippen molar-refractivity contribution in [3.8, 4) is 0 Å². The van der Waals surface area contributed by atoms with Crippen molar-refractivity contribution >= 4 is 15.9 Å². The van der Waals surface area contributed by atoms with E-state index in [1.54, 1.807) is 12.1 Å². The lowest BCUT2D eigenvalue weighted by atomic mass is 10.00. The molecule has 0 spiro atoms. The highest BCUT2D eigenvalue weighted by atomic mass is 79.9. The first-order valence-electron chi connectivity index (χ1n) is 4.42. The quantitative estimate of drug-likeness (QED) is 0.867. The van der Waals surface area contributed by atoms with Crippen LogP contribution in [0.1, 0.15) is 5.56 Å². The fourth-order valence-corrected chi connectivity index (χ4v) is 1.64. The Morgan fingerprint density at radius 3 is 2.79 bits per heavy atom. The molecule has 1 atom stereocenters. The molecule has 78 valence electrons. The summed E-state index contributed by atoms with van der Waals surface area (Å²) in [5.41, 5.74) is 6.01. The number of nitrogens with two attached hydrogens (primary N) is 1. The van der Waals surface area contributed by atoms with Crippen molar-refractivity contribution in [2.75, 3.05) is 13.2 Å². The molecular formula is C10H13BrFNO. The normalized spacial score (nSPS) is 12.9. The molecule has 0 aliphatic rings. The third-order valence-corrected chi connectivity index (χ3v) is 2.60. The Kier molecular flexibility index (Phi) is 4.51. The predicted octanol–water partition coefficient (Wildman–Crippen LogP) is 1.70. The van der Waals surface area contributed by atoms with Crippen molar-refractivity contribution in [3.63, 3.8) is 0 Å². The van der Waals surface area contributed by atoms with Gasteiger partial charge >= 0.3 is 0 Å². The van der Waals surface area contributed by atoms with Crippen molar-refractivity contribution in [1.82, 2.24) is 0 Å². The summed E-state index contributed by atoms with van der Waals surface area (Å²) in [5, 5.41) is 8.93. The molecule has 0 aromatic heterocycles. The first kappa shape index (κ1) is 11.6. The molecular weight excluding hydrogens is 249 g/mol.